The Hall–Kier alpha value is -2.37. The minimum Gasteiger partial charge on any atom is -1.00 e. The first-order valence-electron chi connectivity index (χ1n) is 11.6. The van der Waals surface area contributed by atoms with Crippen molar-refractivity contribution in [3.63, 3.8) is 0 Å². The van der Waals surface area contributed by atoms with Crippen molar-refractivity contribution in [3.8, 4) is 0 Å². The van der Waals surface area contributed by atoms with Gasteiger partial charge in [-0.25, -0.2) is 0 Å². The average molecular weight is 458 g/mol. The van der Waals surface area contributed by atoms with E-state index in [1.165, 1.54) is 11.1 Å². The number of quaternary nitrogens is 1. The van der Waals surface area contributed by atoms with E-state index in [0.717, 1.165) is 37.0 Å². The van der Waals surface area contributed by atoms with Crippen LogP contribution >= 0.6 is 0 Å². The van der Waals surface area contributed by atoms with Crippen LogP contribution in [0.4, 0.5) is 0 Å². The summed E-state index contributed by atoms with van der Waals surface area (Å²) in [4.78, 5) is 27.1. The third-order valence-corrected chi connectivity index (χ3v) is 6.72. The zero-order valence-corrected chi connectivity index (χ0v) is 20.1. The third kappa shape index (κ3) is 6.81. The smallest absolute Gasteiger partial charge is 0.278 e. The Morgan fingerprint density at radius 3 is 2.09 bits per heavy atom. The first-order chi connectivity index (χ1) is 15.1. The molecule has 0 spiro atoms. The van der Waals surface area contributed by atoms with Crippen molar-refractivity contribution in [2.24, 2.45) is 0 Å². The number of rotatable bonds is 9. The summed E-state index contributed by atoms with van der Waals surface area (Å²) in [7, 11) is 0. The molecule has 0 aliphatic carbocycles. The van der Waals surface area contributed by atoms with Crippen molar-refractivity contribution < 1.29 is 26.5 Å². The van der Waals surface area contributed by atoms with Crippen LogP contribution < -0.4 is 17.7 Å². The van der Waals surface area contributed by atoms with E-state index < -0.39 is 0 Å². The molecule has 174 valence electrons. The van der Waals surface area contributed by atoms with Crippen LogP contribution in [0.25, 0.3) is 0 Å². The Morgan fingerprint density at radius 1 is 1.00 bits per heavy atom. The van der Waals surface area contributed by atoms with Gasteiger partial charge in [0.05, 0.1) is 26.2 Å². The van der Waals surface area contributed by atoms with Gasteiger partial charge in [-0.15, -0.1) is 0 Å². The molecule has 0 atom stereocenters. The maximum Gasteiger partial charge on any atom is 0.278 e. The number of benzene rings is 2. The van der Waals surface area contributed by atoms with Crippen molar-refractivity contribution in [1.29, 1.82) is 0 Å². The molecule has 2 aromatic carbocycles. The van der Waals surface area contributed by atoms with E-state index in [0.29, 0.717) is 19.6 Å². The van der Waals surface area contributed by atoms with Crippen LogP contribution in [0.3, 0.4) is 0 Å². The van der Waals surface area contributed by atoms with Gasteiger partial charge in [0.1, 0.15) is 0 Å². The topological polar surface area (TPSA) is 49.4 Å². The highest BCUT2D eigenvalue weighted by atomic mass is 35.5. The second kappa shape index (κ2) is 12.6. The van der Waals surface area contributed by atoms with Crippen molar-refractivity contribution in [3.05, 3.63) is 71.8 Å². The molecule has 0 bridgehead atoms. The highest BCUT2D eigenvalue weighted by Gasteiger charge is 2.33. The van der Waals surface area contributed by atoms with E-state index in [9.17, 15) is 9.59 Å². The van der Waals surface area contributed by atoms with Crippen LogP contribution in [0, 0.1) is 0 Å². The van der Waals surface area contributed by atoms with Crippen LogP contribution in [0.5, 0.6) is 0 Å². The van der Waals surface area contributed by atoms with Gasteiger partial charge in [-0.05, 0) is 31.4 Å². The van der Waals surface area contributed by atoms with Crippen molar-refractivity contribution in [2.75, 3.05) is 45.8 Å². The molecule has 2 aromatic rings. The highest BCUT2D eigenvalue weighted by molar-refractivity contribution is 5.85. The molecule has 0 unspecified atom stereocenters. The second-order valence-corrected chi connectivity index (χ2v) is 8.54. The van der Waals surface area contributed by atoms with Gasteiger partial charge < -0.3 is 27.1 Å². The number of nitrogens with one attached hydrogen (secondary N) is 1. The monoisotopic (exact) mass is 457 g/mol. The Kier molecular flexibility index (Phi) is 10.2. The fourth-order valence-corrected chi connectivity index (χ4v) is 4.60. The lowest BCUT2D eigenvalue weighted by molar-refractivity contribution is -0.916. The molecular formula is C26H36ClN3O2. The zero-order valence-electron chi connectivity index (χ0n) is 19.3. The van der Waals surface area contributed by atoms with Gasteiger partial charge in [0, 0.05) is 25.4 Å². The minimum absolute atomic E-state index is 0. The Morgan fingerprint density at radius 2 is 1.56 bits per heavy atom. The van der Waals surface area contributed by atoms with Gasteiger partial charge >= 0.3 is 0 Å². The normalized spacial score (nSPS) is 15.7. The quantitative estimate of drug-likeness (QED) is 0.555. The molecule has 0 radical (unpaired) electrons. The van der Waals surface area contributed by atoms with Gasteiger partial charge in [0.2, 0.25) is 5.91 Å². The molecular weight excluding hydrogens is 422 g/mol. The number of carbonyl (C=O) groups is 2. The maximum atomic E-state index is 12.8. The summed E-state index contributed by atoms with van der Waals surface area (Å²) in [6, 6.07) is 20.8. The summed E-state index contributed by atoms with van der Waals surface area (Å²) >= 11 is 0. The lowest BCUT2D eigenvalue weighted by Crippen LogP contribution is -3.00. The first kappa shape index (κ1) is 25.9. The standard InChI is InChI=1S/C26H35N3O2.ClH/c1-3-29(4-2)19-11-18-28(26(31)21-29)20-25(30)27-17-16-24(22-12-7-5-8-13-22)23-14-9-6-10-15-23;/h5-10,12-15,24H,3-4,11,16-21H2,1-2H3;1H. The van der Waals surface area contributed by atoms with E-state index in [4.69, 9.17) is 0 Å². The molecule has 1 N–H and O–H groups in total. The van der Waals surface area contributed by atoms with Gasteiger partial charge in [-0.2, -0.15) is 0 Å². The van der Waals surface area contributed by atoms with E-state index in [1.807, 2.05) is 12.1 Å². The molecule has 32 heavy (non-hydrogen) atoms. The van der Waals surface area contributed by atoms with Gasteiger partial charge in [-0.3, -0.25) is 9.59 Å². The molecule has 1 heterocycles. The highest BCUT2D eigenvalue weighted by Crippen LogP contribution is 2.27. The fraction of sp³-hybridized carbons (Fsp3) is 0.462. The van der Waals surface area contributed by atoms with Crippen LogP contribution in [-0.2, 0) is 9.59 Å². The molecule has 5 nitrogen and oxygen atoms in total. The van der Waals surface area contributed by atoms with E-state index in [2.05, 4.69) is 67.7 Å². The summed E-state index contributed by atoms with van der Waals surface area (Å²) < 4.78 is 0.826. The van der Waals surface area contributed by atoms with Gasteiger partial charge in [0.15, 0.2) is 6.54 Å². The summed E-state index contributed by atoms with van der Waals surface area (Å²) in [6.07, 6.45) is 1.77. The third-order valence-electron chi connectivity index (χ3n) is 6.72. The molecule has 1 fully saturated rings. The van der Waals surface area contributed by atoms with Crippen molar-refractivity contribution >= 4 is 11.8 Å². The first-order valence-corrected chi connectivity index (χ1v) is 11.6. The van der Waals surface area contributed by atoms with Crippen LogP contribution in [0.1, 0.15) is 43.7 Å². The number of halogens is 1. The fourth-order valence-electron chi connectivity index (χ4n) is 4.60. The molecule has 3 rings (SSSR count). The van der Waals surface area contributed by atoms with Crippen LogP contribution in [0.15, 0.2) is 60.7 Å². The Labute approximate surface area is 198 Å². The van der Waals surface area contributed by atoms with Crippen molar-refractivity contribution in [1.82, 2.24) is 10.2 Å². The van der Waals surface area contributed by atoms with Gasteiger partial charge in [-0.1, -0.05) is 60.7 Å². The number of nitrogens with zero attached hydrogens (tertiary/aromatic N) is 2. The summed E-state index contributed by atoms with van der Waals surface area (Å²) in [6.45, 7) is 9.14. The van der Waals surface area contributed by atoms with Crippen molar-refractivity contribution in [2.45, 2.75) is 32.6 Å². The van der Waals surface area contributed by atoms with E-state index >= 15 is 0 Å². The van der Waals surface area contributed by atoms with E-state index in [1.54, 1.807) is 4.90 Å². The van der Waals surface area contributed by atoms with Crippen LogP contribution in [-0.4, -0.2) is 67.0 Å². The minimum atomic E-state index is -0.0683. The lowest BCUT2D eigenvalue weighted by Gasteiger charge is -2.34. The predicted octanol–water partition coefficient (Wildman–Crippen LogP) is 0.418. The molecule has 2 amide bonds. The SMILES string of the molecule is CC[N+]1(CC)CCCN(CC(=O)NCCC(c2ccccc2)c2ccccc2)C(=O)C1.[Cl-]. The molecule has 6 heteroatoms. The number of likely N-dealkylation sites (N-methyl/N-ethyl adjacent to an activating group) is 1. The molecule has 1 saturated heterocycles. The molecule has 1 aliphatic heterocycles. The lowest BCUT2D eigenvalue weighted by atomic mass is 9.88. The number of amides is 2. The number of hydrogen-bond acceptors (Lipinski definition) is 2. The Bertz CT molecular complexity index is 801. The Balaban J connectivity index is 0.00000363. The number of carbonyl (C=O) groups excluding carboxylic acids is 2. The van der Waals surface area contributed by atoms with E-state index in [-0.39, 0.29) is 36.7 Å². The average Bonchev–Trinajstić information content (AvgIpc) is 2.97. The predicted molar refractivity (Wildman–Crippen MR) is 125 cm³/mol. The summed E-state index contributed by atoms with van der Waals surface area (Å²) in [5.41, 5.74) is 2.50. The molecule has 0 saturated carbocycles. The second-order valence-electron chi connectivity index (χ2n) is 8.54. The van der Waals surface area contributed by atoms with Crippen LogP contribution in [0.2, 0.25) is 0 Å². The maximum absolute atomic E-state index is 12.8. The molecule has 0 aromatic heterocycles. The molecule has 1 aliphatic rings. The largest absolute Gasteiger partial charge is 1.00 e. The summed E-state index contributed by atoms with van der Waals surface area (Å²) in [5.74, 6) is 0.263. The van der Waals surface area contributed by atoms with Gasteiger partial charge in [0.25, 0.3) is 5.91 Å². The summed E-state index contributed by atoms with van der Waals surface area (Å²) in [5, 5.41) is 3.05. The number of hydrogen-bond donors (Lipinski definition) is 1. The zero-order chi connectivity index (χ0) is 22.1.